The van der Waals surface area contributed by atoms with Crippen molar-refractivity contribution in [3.63, 3.8) is 0 Å². The maximum Gasteiger partial charge on any atom is 0.276 e. The van der Waals surface area contributed by atoms with Crippen molar-refractivity contribution in [1.82, 2.24) is 15.5 Å². The Morgan fingerprint density at radius 1 is 1.36 bits per heavy atom. The zero-order valence-corrected chi connectivity index (χ0v) is 16.9. The number of aromatic amines is 1. The van der Waals surface area contributed by atoms with Gasteiger partial charge in [0.1, 0.15) is 5.75 Å². The Labute approximate surface area is 171 Å². The minimum Gasteiger partial charge on any atom is -0.493 e. The molecular weight excluding hydrogens is 380 g/mol. The second-order valence-corrected chi connectivity index (χ2v) is 7.26. The van der Waals surface area contributed by atoms with Crippen molar-refractivity contribution in [2.45, 2.75) is 32.7 Å². The van der Waals surface area contributed by atoms with E-state index in [9.17, 15) is 4.79 Å². The number of hydrogen-bond acceptors (Lipinski definition) is 5. The molecule has 1 saturated heterocycles. The molecule has 152 valence electrons. The Bertz CT molecular complexity index is 818. The van der Waals surface area contributed by atoms with Gasteiger partial charge in [-0.15, -0.1) is 12.4 Å². The number of ether oxygens (including phenoxy) is 2. The van der Waals surface area contributed by atoms with Crippen LogP contribution >= 0.6 is 12.4 Å². The van der Waals surface area contributed by atoms with Gasteiger partial charge in [0.05, 0.1) is 6.61 Å². The lowest BCUT2D eigenvalue weighted by Gasteiger charge is -2.22. The van der Waals surface area contributed by atoms with Gasteiger partial charge in [0.15, 0.2) is 5.69 Å². The average molecular weight is 407 g/mol. The van der Waals surface area contributed by atoms with Crippen LogP contribution in [-0.2, 0) is 17.7 Å². The molecule has 2 aromatic rings. The average Bonchev–Trinajstić information content (AvgIpc) is 3.13. The summed E-state index contributed by atoms with van der Waals surface area (Å²) < 4.78 is 11.4. The van der Waals surface area contributed by atoms with Crippen LogP contribution < -0.4 is 15.4 Å². The summed E-state index contributed by atoms with van der Waals surface area (Å²) in [5.74, 6) is 1.14. The van der Waals surface area contributed by atoms with E-state index < -0.39 is 0 Å². The molecule has 1 aromatic carbocycles. The van der Waals surface area contributed by atoms with Gasteiger partial charge in [-0.2, -0.15) is 5.10 Å². The number of rotatable bonds is 5. The lowest BCUT2D eigenvalue weighted by molar-refractivity contribution is 0.0496. The second-order valence-electron chi connectivity index (χ2n) is 7.26. The number of fused-ring (bicyclic) bond motifs is 1. The summed E-state index contributed by atoms with van der Waals surface area (Å²) in [6.07, 6.45) is 2.94. The van der Waals surface area contributed by atoms with Crippen molar-refractivity contribution < 1.29 is 14.3 Å². The van der Waals surface area contributed by atoms with E-state index in [1.165, 1.54) is 0 Å². The molecule has 0 radical (unpaired) electrons. The largest absolute Gasteiger partial charge is 0.493 e. The molecule has 7 nitrogen and oxygen atoms in total. The van der Waals surface area contributed by atoms with Crippen LogP contribution in [0, 0.1) is 12.8 Å². The SMILES string of the molecule is Cc1ccc(NC(=O)c2n[nH]c3c2CNCC3)cc1OCC1CCOCC1.Cl. The Morgan fingerprint density at radius 2 is 2.18 bits per heavy atom. The van der Waals surface area contributed by atoms with Gasteiger partial charge in [0, 0.05) is 55.7 Å². The highest BCUT2D eigenvalue weighted by molar-refractivity contribution is 6.04. The molecule has 0 bridgehead atoms. The fourth-order valence-electron chi connectivity index (χ4n) is 3.56. The predicted molar refractivity (Wildman–Crippen MR) is 109 cm³/mol. The first-order valence-corrected chi connectivity index (χ1v) is 9.60. The fraction of sp³-hybridized carbons (Fsp3) is 0.500. The first-order chi connectivity index (χ1) is 13.2. The van der Waals surface area contributed by atoms with Gasteiger partial charge < -0.3 is 20.1 Å². The monoisotopic (exact) mass is 406 g/mol. The summed E-state index contributed by atoms with van der Waals surface area (Å²) in [6.45, 7) is 5.89. The molecule has 1 fully saturated rings. The molecule has 2 aliphatic rings. The van der Waals surface area contributed by atoms with Gasteiger partial charge in [-0.3, -0.25) is 9.89 Å². The third-order valence-electron chi connectivity index (χ3n) is 5.28. The molecule has 1 aromatic heterocycles. The van der Waals surface area contributed by atoms with Crippen molar-refractivity contribution in [2.75, 3.05) is 31.7 Å². The quantitative estimate of drug-likeness (QED) is 0.710. The van der Waals surface area contributed by atoms with E-state index in [1.54, 1.807) is 0 Å². The number of nitrogens with one attached hydrogen (secondary N) is 3. The van der Waals surface area contributed by atoms with Crippen LogP contribution in [-0.4, -0.2) is 42.5 Å². The molecule has 1 amide bonds. The molecule has 0 atom stereocenters. The van der Waals surface area contributed by atoms with Crippen LogP contribution in [0.4, 0.5) is 5.69 Å². The van der Waals surface area contributed by atoms with Crippen molar-refractivity contribution in [3.8, 4) is 5.75 Å². The zero-order valence-electron chi connectivity index (χ0n) is 16.0. The van der Waals surface area contributed by atoms with E-state index in [0.29, 0.717) is 30.5 Å². The van der Waals surface area contributed by atoms with Crippen molar-refractivity contribution >= 4 is 24.0 Å². The van der Waals surface area contributed by atoms with Crippen LogP contribution in [0.5, 0.6) is 5.75 Å². The Morgan fingerprint density at radius 3 is 3.00 bits per heavy atom. The summed E-state index contributed by atoms with van der Waals surface area (Å²) in [5.41, 5.74) is 4.24. The van der Waals surface area contributed by atoms with Gasteiger partial charge in [-0.05, 0) is 37.3 Å². The number of hydrogen-bond donors (Lipinski definition) is 3. The van der Waals surface area contributed by atoms with Gasteiger partial charge in [-0.25, -0.2) is 0 Å². The number of benzene rings is 1. The number of anilines is 1. The highest BCUT2D eigenvalue weighted by atomic mass is 35.5. The minimum atomic E-state index is -0.199. The van der Waals surface area contributed by atoms with E-state index in [4.69, 9.17) is 9.47 Å². The Hall–Kier alpha value is -2.09. The molecule has 4 rings (SSSR count). The van der Waals surface area contributed by atoms with Crippen LogP contribution in [0.3, 0.4) is 0 Å². The number of H-pyrrole nitrogens is 1. The number of amides is 1. The molecule has 0 aliphatic carbocycles. The summed E-state index contributed by atoms with van der Waals surface area (Å²) in [5, 5.41) is 13.4. The van der Waals surface area contributed by atoms with Crippen LogP contribution in [0.2, 0.25) is 0 Å². The first kappa shape index (κ1) is 20.6. The zero-order chi connectivity index (χ0) is 18.6. The first-order valence-electron chi connectivity index (χ1n) is 9.60. The normalized spacial score (nSPS) is 16.8. The maximum atomic E-state index is 12.7. The third kappa shape index (κ3) is 4.66. The lowest BCUT2D eigenvalue weighted by atomic mass is 10.0. The Balaban J connectivity index is 0.00000225. The van der Waals surface area contributed by atoms with Crippen LogP contribution in [0.25, 0.3) is 0 Å². The van der Waals surface area contributed by atoms with E-state index in [0.717, 1.165) is 61.6 Å². The van der Waals surface area contributed by atoms with Gasteiger partial charge >= 0.3 is 0 Å². The summed E-state index contributed by atoms with van der Waals surface area (Å²) >= 11 is 0. The van der Waals surface area contributed by atoms with E-state index in [1.807, 2.05) is 25.1 Å². The van der Waals surface area contributed by atoms with Crippen molar-refractivity contribution in [2.24, 2.45) is 5.92 Å². The smallest absolute Gasteiger partial charge is 0.276 e. The van der Waals surface area contributed by atoms with E-state index in [2.05, 4.69) is 20.8 Å². The number of carbonyl (C=O) groups is 1. The van der Waals surface area contributed by atoms with E-state index in [-0.39, 0.29) is 18.3 Å². The van der Waals surface area contributed by atoms with Crippen molar-refractivity contribution in [3.05, 3.63) is 40.7 Å². The number of halogens is 1. The lowest BCUT2D eigenvalue weighted by Crippen LogP contribution is -2.25. The number of aromatic nitrogens is 2. The number of aryl methyl sites for hydroxylation is 1. The summed E-state index contributed by atoms with van der Waals surface area (Å²) in [7, 11) is 0. The van der Waals surface area contributed by atoms with Gasteiger partial charge in [-0.1, -0.05) is 6.07 Å². The fourth-order valence-corrected chi connectivity index (χ4v) is 3.56. The molecule has 3 N–H and O–H groups in total. The Kier molecular flexibility index (Phi) is 6.93. The van der Waals surface area contributed by atoms with Gasteiger partial charge in [0.2, 0.25) is 0 Å². The molecule has 8 heteroatoms. The molecule has 2 aliphatic heterocycles. The predicted octanol–water partition coefficient (Wildman–Crippen LogP) is 2.84. The van der Waals surface area contributed by atoms with E-state index >= 15 is 0 Å². The molecule has 0 spiro atoms. The number of carbonyl (C=O) groups excluding carboxylic acids is 1. The second kappa shape index (κ2) is 9.41. The van der Waals surface area contributed by atoms with Crippen molar-refractivity contribution in [1.29, 1.82) is 0 Å². The summed E-state index contributed by atoms with van der Waals surface area (Å²) in [4.78, 5) is 12.7. The molecule has 0 unspecified atom stereocenters. The van der Waals surface area contributed by atoms with Gasteiger partial charge in [0.25, 0.3) is 5.91 Å². The molecule has 3 heterocycles. The third-order valence-corrected chi connectivity index (χ3v) is 5.28. The highest BCUT2D eigenvalue weighted by Gasteiger charge is 2.22. The maximum absolute atomic E-state index is 12.7. The minimum absolute atomic E-state index is 0. The molecule has 28 heavy (non-hydrogen) atoms. The van der Waals surface area contributed by atoms with Crippen LogP contribution in [0.15, 0.2) is 18.2 Å². The topological polar surface area (TPSA) is 88.3 Å². The standard InChI is InChI=1S/C20H26N4O3.ClH/c1-13-2-3-15(10-18(13)27-12-14-5-8-26-9-6-14)22-20(25)19-16-11-21-7-4-17(16)23-24-19;/h2-3,10,14,21H,4-9,11-12H2,1H3,(H,22,25)(H,23,24);1H. The summed E-state index contributed by atoms with van der Waals surface area (Å²) in [6, 6.07) is 5.76. The molecule has 0 saturated carbocycles. The molecular formula is C20H27ClN4O3. The highest BCUT2D eigenvalue weighted by Crippen LogP contribution is 2.25. The number of nitrogens with zero attached hydrogens (tertiary/aromatic N) is 1. The van der Waals surface area contributed by atoms with Crippen LogP contribution in [0.1, 0.15) is 40.2 Å².